The summed E-state index contributed by atoms with van der Waals surface area (Å²) in [5.41, 5.74) is -0.738. The number of benzene rings is 1. The van der Waals surface area contributed by atoms with E-state index in [1.807, 2.05) is 4.90 Å². The zero-order valence-corrected chi connectivity index (χ0v) is 18.7. The number of hydrogen-bond acceptors (Lipinski definition) is 6. The number of aliphatic carboxylic acids is 1. The Morgan fingerprint density at radius 2 is 2.12 bits per heavy atom. The van der Waals surface area contributed by atoms with Gasteiger partial charge in [0.25, 0.3) is 0 Å². The number of Topliss-reactive ketones (excluding diaryl/α,β-unsaturated/α-hetero) is 1. The van der Waals surface area contributed by atoms with Crippen molar-refractivity contribution in [3.8, 4) is 5.88 Å². The van der Waals surface area contributed by atoms with Crippen molar-refractivity contribution < 1.29 is 28.6 Å². The Bertz CT molecular complexity index is 1050. The van der Waals surface area contributed by atoms with Crippen LogP contribution in [-0.4, -0.2) is 47.6 Å². The van der Waals surface area contributed by atoms with E-state index in [1.54, 1.807) is 25.3 Å². The SMILES string of the molecule is CCO/C=C(\C(=O)O)C(=O)c1cc(Cl)c(N2CCC[C@@H]2COc2ncccc2Cl)cc1F. The van der Waals surface area contributed by atoms with Gasteiger partial charge < -0.3 is 19.5 Å². The first-order valence-corrected chi connectivity index (χ1v) is 10.7. The lowest BCUT2D eigenvalue weighted by Crippen LogP contribution is -2.34. The van der Waals surface area contributed by atoms with Crippen molar-refractivity contribution in [1.82, 2.24) is 4.98 Å². The Hall–Kier alpha value is -2.84. The number of carboxylic acid groups (broad SMARTS) is 1. The molecule has 2 heterocycles. The molecule has 2 aromatic rings. The molecule has 0 radical (unpaired) electrons. The summed E-state index contributed by atoms with van der Waals surface area (Å²) in [5, 5.41) is 9.78. The molecule has 10 heteroatoms. The maximum atomic E-state index is 14.9. The summed E-state index contributed by atoms with van der Waals surface area (Å²) in [5.74, 6) is -3.12. The van der Waals surface area contributed by atoms with Crippen LogP contribution in [0.2, 0.25) is 10.0 Å². The predicted molar refractivity (Wildman–Crippen MR) is 118 cm³/mol. The van der Waals surface area contributed by atoms with E-state index in [9.17, 15) is 19.1 Å². The smallest absolute Gasteiger partial charge is 0.342 e. The molecule has 170 valence electrons. The summed E-state index contributed by atoms with van der Waals surface area (Å²) in [6, 6.07) is 5.54. The quantitative estimate of drug-likeness (QED) is 0.181. The molecule has 1 fully saturated rings. The van der Waals surface area contributed by atoms with Crippen molar-refractivity contribution in [2.75, 3.05) is 24.7 Å². The molecule has 0 aliphatic carbocycles. The van der Waals surface area contributed by atoms with Crippen LogP contribution in [0.3, 0.4) is 0 Å². The van der Waals surface area contributed by atoms with E-state index in [-0.39, 0.29) is 24.3 Å². The molecule has 0 amide bonds. The molecule has 1 atom stereocenters. The van der Waals surface area contributed by atoms with Gasteiger partial charge >= 0.3 is 5.97 Å². The van der Waals surface area contributed by atoms with Gasteiger partial charge in [0, 0.05) is 12.7 Å². The number of rotatable bonds is 9. The maximum absolute atomic E-state index is 14.9. The zero-order valence-electron chi connectivity index (χ0n) is 17.2. The van der Waals surface area contributed by atoms with Gasteiger partial charge in [0.2, 0.25) is 11.7 Å². The van der Waals surface area contributed by atoms with Crippen LogP contribution in [0.4, 0.5) is 10.1 Å². The molecule has 1 aliphatic heterocycles. The molecule has 1 aliphatic rings. The first kappa shape index (κ1) is 23.8. The summed E-state index contributed by atoms with van der Waals surface area (Å²) in [6.45, 7) is 2.66. The second kappa shape index (κ2) is 10.7. The highest BCUT2D eigenvalue weighted by Crippen LogP contribution is 2.35. The van der Waals surface area contributed by atoms with E-state index in [0.717, 1.165) is 31.2 Å². The number of carboxylic acids is 1. The Kier molecular flexibility index (Phi) is 7.93. The first-order chi connectivity index (χ1) is 15.3. The molecule has 0 saturated carbocycles. The normalized spacial score (nSPS) is 16.2. The molecule has 3 rings (SSSR count). The maximum Gasteiger partial charge on any atom is 0.342 e. The molecular weight excluding hydrogens is 462 g/mol. The van der Waals surface area contributed by atoms with E-state index in [0.29, 0.717) is 23.1 Å². The number of hydrogen-bond donors (Lipinski definition) is 1. The third-order valence-electron chi connectivity index (χ3n) is 4.95. The molecular formula is C22H21Cl2FN2O5. The van der Waals surface area contributed by atoms with Crippen molar-refractivity contribution in [3.05, 3.63) is 63.7 Å². The standard InChI is InChI=1S/C22H21Cl2FN2O5/c1-2-31-12-15(22(29)30)20(28)14-9-17(24)19(10-18(14)25)27-8-4-5-13(27)11-32-21-16(23)6-3-7-26-21/h3,6-7,9-10,12-13H,2,4-5,8,11H2,1H3,(H,29,30)/b15-12-/t13-/m1/s1. The van der Waals surface area contributed by atoms with Crippen LogP contribution in [0, 0.1) is 5.82 Å². The summed E-state index contributed by atoms with van der Waals surface area (Å²) < 4.78 is 25.5. The first-order valence-electron chi connectivity index (χ1n) is 9.92. The topological polar surface area (TPSA) is 89.0 Å². The van der Waals surface area contributed by atoms with Gasteiger partial charge in [-0.05, 0) is 44.0 Å². The van der Waals surface area contributed by atoms with Gasteiger partial charge in [0.15, 0.2) is 0 Å². The number of carbonyl (C=O) groups excluding carboxylic acids is 1. The van der Waals surface area contributed by atoms with E-state index in [1.165, 1.54) is 0 Å². The number of nitrogens with zero attached hydrogens (tertiary/aromatic N) is 2. The highest BCUT2D eigenvalue weighted by molar-refractivity contribution is 6.34. The van der Waals surface area contributed by atoms with Gasteiger partial charge in [-0.15, -0.1) is 0 Å². The van der Waals surface area contributed by atoms with Crippen molar-refractivity contribution in [1.29, 1.82) is 0 Å². The Morgan fingerprint density at radius 3 is 2.81 bits per heavy atom. The van der Waals surface area contributed by atoms with Crippen molar-refractivity contribution in [2.45, 2.75) is 25.8 Å². The number of ketones is 1. The minimum atomic E-state index is -1.52. The average molecular weight is 483 g/mol. The number of aromatic nitrogens is 1. The van der Waals surface area contributed by atoms with Crippen LogP contribution >= 0.6 is 23.2 Å². The molecule has 1 aromatic heterocycles. The second-order valence-electron chi connectivity index (χ2n) is 7.00. The number of anilines is 1. The van der Waals surface area contributed by atoms with E-state index in [4.69, 9.17) is 32.7 Å². The summed E-state index contributed by atoms with van der Waals surface area (Å²) >= 11 is 12.5. The van der Waals surface area contributed by atoms with Crippen LogP contribution in [-0.2, 0) is 9.53 Å². The monoisotopic (exact) mass is 482 g/mol. The van der Waals surface area contributed by atoms with Gasteiger partial charge in [-0.3, -0.25) is 4.79 Å². The van der Waals surface area contributed by atoms with E-state index < -0.39 is 28.7 Å². The fourth-order valence-electron chi connectivity index (χ4n) is 3.42. The highest BCUT2D eigenvalue weighted by atomic mass is 35.5. The molecule has 7 nitrogen and oxygen atoms in total. The lowest BCUT2D eigenvalue weighted by atomic mass is 10.0. The number of pyridine rings is 1. The summed E-state index contributed by atoms with van der Waals surface area (Å²) in [6.07, 6.45) is 4.00. The molecule has 1 aromatic carbocycles. The third kappa shape index (κ3) is 5.31. The largest absolute Gasteiger partial charge is 0.500 e. The fourth-order valence-corrected chi connectivity index (χ4v) is 3.87. The molecule has 0 unspecified atom stereocenters. The van der Waals surface area contributed by atoms with Crippen LogP contribution < -0.4 is 9.64 Å². The van der Waals surface area contributed by atoms with Crippen LogP contribution in [0.25, 0.3) is 0 Å². The predicted octanol–water partition coefficient (Wildman–Crippen LogP) is 4.76. The van der Waals surface area contributed by atoms with Gasteiger partial charge in [0.1, 0.15) is 29.3 Å². The average Bonchev–Trinajstić information content (AvgIpc) is 3.22. The Morgan fingerprint density at radius 1 is 1.34 bits per heavy atom. The molecule has 1 saturated heterocycles. The molecule has 32 heavy (non-hydrogen) atoms. The summed E-state index contributed by atoms with van der Waals surface area (Å²) in [7, 11) is 0. The van der Waals surface area contributed by atoms with Gasteiger partial charge in [-0.1, -0.05) is 23.2 Å². The van der Waals surface area contributed by atoms with Crippen molar-refractivity contribution in [2.24, 2.45) is 0 Å². The number of carbonyl (C=O) groups is 2. The fraction of sp³-hybridized carbons (Fsp3) is 0.318. The minimum absolute atomic E-state index is 0.112. The third-order valence-corrected chi connectivity index (χ3v) is 5.54. The van der Waals surface area contributed by atoms with Crippen molar-refractivity contribution in [3.63, 3.8) is 0 Å². The molecule has 0 spiro atoms. The number of ether oxygens (including phenoxy) is 2. The number of halogens is 3. The van der Waals surface area contributed by atoms with Gasteiger partial charge in [-0.25, -0.2) is 14.2 Å². The lowest BCUT2D eigenvalue weighted by Gasteiger charge is -2.28. The summed E-state index contributed by atoms with van der Waals surface area (Å²) in [4.78, 5) is 29.9. The van der Waals surface area contributed by atoms with Crippen LogP contribution in [0.1, 0.15) is 30.1 Å². The van der Waals surface area contributed by atoms with Crippen LogP contribution in [0.5, 0.6) is 5.88 Å². The second-order valence-corrected chi connectivity index (χ2v) is 7.81. The Labute approximate surface area is 194 Å². The van der Waals surface area contributed by atoms with E-state index in [2.05, 4.69) is 4.98 Å². The van der Waals surface area contributed by atoms with Crippen LogP contribution in [0.15, 0.2) is 42.3 Å². The van der Waals surface area contributed by atoms with Crippen molar-refractivity contribution >= 4 is 40.6 Å². The zero-order chi connectivity index (χ0) is 23.3. The molecule has 0 bridgehead atoms. The lowest BCUT2D eigenvalue weighted by molar-refractivity contribution is -0.132. The van der Waals surface area contributed by atoms with E-state index >= 15 is 0 Å². The van der Waals surface area contributed by atoms with Gasteiger partial charge in [-0.2, -0.15) is 0 Å². The van der Waals surface area contributed by atoms with Gasteiger partial charge in [0.05, 0.1) is 28.9 Å². The molecule has 1 N–H and O–H groups in total. The minimum Gasteiger partial charge on any atom is -0.500 e. The highest BCUT2D eigenvalue weighted by Gasteiger charge is 2.30. The Balaban J connectivity index is 1.82.